The van der Waals surface area contributed by atoms with E-state index < -0.39 is 0 Å². The molecule has 2 aliphatic rings. The van der Waals surface area contributed by atoms with Gasteiger partial charge in [0.25, 0.3) is 0 Å². The molecule has 0 aliphatic heterocycles. The van der Waals surface area contributed by atoms with E-state index in [1.807, 2.05) is 11.6 Å². The van der Waals surface area contributed by atoms with Gasteiger partial charge in [-0.3, -0.25) is 5.10 Å². The summed E-state index contributed by atoms with van der Waals surface area (Å²) in [6, 6.07) is 0. The van der Waals surface area contributed by atoms with Gasteiger partial charge in [-0.15, -0.1) is 0 Å². The molecule has 1 aromatic heterocycles. The predicted molar refractivity (Wildman–Crippen MR) is 52.0 cm³/mol. The molecule has 2 fully saturated rings. The van der Waals surface area contributed by atoms with Crippen molar-refractivity contribution in [1.82, 2.24) is 14.8 Å². The van der Waals surface area contributed by atoms with Crippen LogP contribution in [0.2, 0.25) is 0 Å². The number of hydrogen-bond donors (Lipinski definition) is 1. The second-order valence-corrected chi connectivity index (χ2v) is 4.76. The van der Waals surface area contributed by atoms with Crippen molar-refractivity contribution in [3.05, 3.63) is 10.6 Å². The largest absolute Gasteiger partial charge is 0.307 e. The maximum atomic E-state index is 5.10. The van der Waals surface area contributed by atoms with Crippen LogP contribution in [0.25, 0.3) is 0 Å². The minimum atomic E-state index is 0.668. The van der Waals surface area contributed by atoms with E-state index >= 15 is 0 Å². The highest BCUT2D eigenvalue weighted by Crippen LogP contribution is 2.57. The number of nitrogens with zero attached hydrogens (tertiary/aromatic N) is 2. The maximum Gasteiger partial charge on any atom is 0.194 e. The molecule has 1 N–H and O–H groups in total. The molecule has 2 atom stereocenters. The Hall–Kier alpha value is -0.640. The number of aromatic amines is 1. The molecule has 2 saturated carbocycles. The molecule has 1 aromatic rings. The van der Waals surface area contributed by atoms with E-state index in [-0.39, 0.29) is 0 Å². The van der Waals surface area contributed by atoms with Crippen LogP contribution < -0.4 is 0 Å². The Kier molecular flexibility index (Phi) is 1.45. The number of H-pyrrole nitrogens is 1. The van der Waals surface area contributed by atoms with Crippen LogP contribution >= 0.6 is 12.2 Å². The third-order valence-corrected chi connectivity index (χ3v) is 3.89. The van der Waals surface area contributed by atoms with Crippen molar-refractivity contribution in [3.8, 4) is 0 Å². The van der Waals surface area contributed by atoms with Crippen LogP contribution in [0.1, 0.15) is 31.0 Å². The van der Waals surface area contributed by atoms with Crippen molar-refractivity contribution in [1.29, 1.82) is 0 Å². The third-order valence-electron chi connectivity index (χ3n) is 3.52. The summed E-state index contributed by atoms with van der Waals surface area (Å²) >= 11 is 5.10. The predicted octanol–water partition coefficient (Wildman–Crippen LogP) is 1.99. The molecule has 0 spiro atoms. The average Bonchev–Trinajstić information content (AvgIpc) is 2.58. The topological polar surface area (TPSA) is 33.6 Å². The second-order valence-electron chi connectivity index (χ2n) is 4.37. The Balaban J connectivity index is 1.92. The zero-order valence-electron chi connectivity index (χ0n) is 7.66. The van der Waals surface area contributed by atoms with E-state index in [4.69, 9.17) is 12.2 Å². The highest BCUT2D eigenvalue weighted by Gasteiger charge is 2.47. The fraction of sp³-hybridized carbons (Fsp3) is 0.778. The molecule has 2 aliphatic carbocycles. The van der Waals surface area contributed by atoms with E-state index in [2.05, 4.69) is 10.2 Å². The van der Waals surface area contributed by atoms with Gasteiger partial charge in [-0.25, -0.2) is 0 Å². The van der Waals surface area contributed by atoms with Crippen LogP contribution in [0, 0.1) is 16.6 Å². The standard InChI is InChI=1S/C9H13N3S/c1-12-8(10-11-9(12)13)7-3-5-2-6(5)4-7/h5-7H,2-4H2,1H3,(H,11,13). The van der Waals surface area contributed by atoms with Gasteiger partial charge < -0.3 is 4.57 Å². The fourth-order valence-corrected chi connectivity index (χ4v) is 2.79. The molecule has 0 amide bonds. The Morgan fingerprint density at radius 3 is 2.62 bits per heavy atom. The normalized spacial score (nSPS) is 36.2. The van der Waals surface area contributed by atoms with Gasteiger partial charge in [-0.2, -0.15) is 5.10 Å². The van der Waals surface area contributed by atoms with Gasteiger partial charge in [-0.05, 0) is 43.3 Å². The molecule has 3 nitrogen and oxygen atoms in total. The molecule has 0 aromatic carbocycles. The molecule has 2 unspecified atom stereocenters. The van der Waals surface area contributed by atoms with Gasteiger partial charge in [0.2, 0.25) is 0 Å². The summed E-state index contributed by atoms with van der Waals surface area (Å²) in [4.78, 5) is 0. The van der Waals surface area contributed by atoms with Crippen LogP contribution in [-0.2, 0) is 7.05 Å². The lowest BCUT2D eigenvalue weighted by molar-refractivity contribution is 0.566. The Bertz CT molecular complexity index is 382. The molecule has 70 valence electrons. The molecule has 13 heavy (non-hydrogen) atoms. The quantitative estimate of drug-likeness (QED) is 0.695. The van der Waals surface area contributed by atoms with Gasteiger partial charge in [-0.1, -0.05) is 0 Å². The minimum absolute atomic E-state index is 0.668. The van der Waals surface area contributed by atoms with Gasteiger partial charge in [0.1, 0.15) is 5.82 Å². The van der Waals surface area contributed by atoms with E-state index in [1.165, 1.54) is 19.3 Å². The van der Waals surface area contributed by atoms with Crippen molar-refractivity contribution < 1.29 is 0 Å². The average molecular weight is 195 g/mol. The molecular weight excluding hydrogens is 182 g/mol. The lowest BCUT2D eigenvalue weighted by Crippen LogP contribution is -2.04. The van der Waals surface area contributed by atoms with Gasteiger partial charge in [0.05, 0.1) is 0 Å². The number of hydrogen-bond acceptors (Lipinski definition) is 2. The maximum absolute atomic E-state index is 5.10. The van der Waals surface area contributed by atoms with Gasteiger partial charge >= 0.3 is 0 Å². The highest BCUT2D eigenvalue weighted by molar-refractivity contribution is 7.71. The van der Waals surface area contributed by atoms with Gasteiger partial charge in [0.15, 0.2) is 4.77 Å². The van der Waals surface area contributed by atoms with Crippen molar-refractivity contribution in [3.63, 3.8) is 0 Å². The number of rotatable bonds is 1. The van der Waals surface area contributed by atoms with E-state index in [1.54, 1.807) is 0 Å². The minimum Gasteiger partial charge on any atom is -0.307 e. The number of nitrogens with one attached hydrogen (secondary N) is 1. The summed E-state index contributed by atoms with van der Waals surface area (Å²) in [6.45, 7) is 0. The first-order valence-electron chi connectivity index (χ1n) is 4.87. The van der Waals surface area contributed by atoms with E-state index in [9.17, 15) is 0 Å². The van der Waals surface area contributed by atoms with E-state index in [0.717, 1.165) is 22.4 Å². The third kappa shape index (κ3) is 1.08. The first-order chi connectivity index (χ1) is 6.25. The summed E-state index contributed by atoms with van der Waals surface area (Å²) in [5.41, 5.74) is 0. The SMILES string of the molecule is Cn1c(C2CC3CC3C2)n[nH]c1=S. The van der Waals surface area contributed by atoms with Crippen LogP contribution in [0.4, 0.5) is 0 Å². The molecule has 4 heteroatoms. The Labute approximate surface area is 82.2 Å². The van der Waals surface area contributed by atoms with Crippen molar-refractivity contribution >= 4 is 12.2 Å². The Morgan fingerprint density at radius 1 is 1.38 bits per heavy atom. The summed E-state index contributed by atoms with van der Waals surface area (Å²) in [5.74, 6) is 3.85. The van der Waals surface area contributed by atoms with Crippen molar-refractivity contribution in [2.45, 2.75) is 25.2 Å². The van der Waals surface area contributed by atoms with Crippen LogP contribution in [0.15, 0.2) is 0 Å². The Morgan fingerprint density at radius 2 is 2.08 bits per heavy atom. The first kappa shape index (κ1) is 7.74. The lowest BCUT2D eigenvalue weighted by atomic mass is 10.0. The van der Waals surface area contributed by atoms with Crippen molar-refractivity contribution in [2.75, 3.05) is 0 Å². The van der Waals surface area contributed by atoms with Crippen LogP contribution in [-0.4, -0.2) is 14.8 Å². The van der Waals surface area contributed by atoms with Crippen LogP contribution in [0.5, 0.6) is 0 Å². The monoisotopic (exact) mass is 195 g/mol. The zero-order chi connectivity index (χ0) is 9.00. The second kappa shape index (κ2) is 2.44. The smallest absolute Gasteiger partial charge is 0.194 e. The summed E-state index contributed by atoms with van der Waals surface area (Å²) in [6.07, 6.45) is 4.13. The van der Waals surface area contributed by atoms with Gasteiger partial charge in [0, 0.05) is 13.0 Å². The summed E-state index contributed by atoms with van der Waals surface area (Å²) in [7, 11) is 2.01. The molecule has 1 heterocycles. The molecular formula is C9H13N3S. The lowest BCUT2D eigenvalue weighted by Gasteiger charge is -2.09. The number of aromatic nitrogens is 3. The van der Waals surface area contributed by atoms with Crippen LogP contribution in [0.3, 0.4) is 0 Å². The molecule has 0 saturated heterocycles. The molecule has 0 bridgehead atoms. The molecule has 0 radical (unpaired) electrons. The summed E-state index contributed by atoms with van der Waals surface area (Å²) in [5, 5.41) is 7.16. The fourth-order valence-electron chi connectivity index (χ4n) is 2.65. The molecule has 3 rings (SSSR count). The first-order valence-corrected chi connectivity index (χ1v) is 5.28. The summed E-state index contributed by atoms with van der Waals surface area (Å²) < 4.78 is 2.76. The highest BCUT2D eigenvalue weighted by atomic mass is 32.1. The number of fused-ring (bicyclic) bond motifs is 1. The zero-order valence-corrected chi connectivity index (χ0v) is 8.47. The van der Waals surface area contributed by atoms with Crippen molar-refractivity contribution in [2.24, 2.45) is 18.9 Å². The van der Waals surface area contributed by atoms with E-state index in [0.29, 0.717) is 5.92 Å².